The van der Waals surface area contributed by atoms with E-state index in [-0.39, 0.29) is 35.4 Å². The number of pyridine rings is 1. The Kier molecular flexibility index (Phi) is 6.12. The molecule has 0 radical (unpaired) electrons. The Morgan fingerprint density at radius 1 is 1.23 bits per heavy atom. The van der Waals surface area contributed by atoms with Crippen LogP contribution in [0.2, 0.25) is 0 Å². The highest BCUT2D eigenvalue weighted by atomic mass is 19.1. The highest BCUT2D eigenvalue weighted by Gasteiger charge is 2.22. The molecule has 0 saturated heterocycles. The second-order valence-electron chi connectivity index (χ2n) is 7.27. The predicted molar refractivity (Wildman–Crippen MR) is 115 cm³/mol. The third kappa shape index (κ3) is 3.88. The van der Waals surface area contributed by atoms with Gasteiger partial charge in [-0.1, -0.05) is 0 Å². The van der Waals surface area contributed by atoms with Crippen molar-refractivity contribution in [2.24, 2.45) is 7.05 Å². The molecule has 0 bridgehead atoms. The largest absolute Gasteiger partial charge is 0.478 e. The van der Waals surface area contributed by atoms with Gasteiger partial charge in [-0.3, -0.25) is 9.13 Å². The Hall–Kier alpha value is -3.33. The number of aliphatic hydroxyl groups is 1. The fourth-order valence-corrected chi connectivity index (χ4v) is 3.27. The molecule has 0 unspecified atom stereocenters. The average Bonchev–Trinajstić information content (AvgIpc) is 2.93. The highest BCUT2D eigenvalue weighted by molar-refractivity contribution is 5.85. The van der Waals surface area contributed by atoms with Crippen LogP contribution < -0.4 is 21.9 Å². The second-order valence-corrected chi connectivity index (χ2v) is 7.27. The zero-order valence-corrected chi connectivity index (χ0v) is 17.2. The van der Waals surface area contributed by atoms with Crippen LogP contribution in [0.4, 0.5) is 15.9 Å². The van der Waals surface area contributed by atoms with Crippen molar-refractivity contribution in [3.05, 3.63) is 46.8 Å². The van der Waals surface area contributed by atoms with E-state index in [1.54, 1.807) is 29.8 Å². The topological polar surface area (TPSA) is 121 Å². The molecule has 0 fully saturated rings. The van der Waals surface area contributed by atoms with Crippen LogP contribution in [0, 0.1) is 5.82 Å². The summed E-state index contributed by atoms with van der Waals surface area (Å²) in [6.07, 6.45) is 1.99. The maximum Gasteiger partial charge on any atom is 0.330 e. The fourth-order valence-electron chi connectivity index (χ4n) is 3.27. The van der Waals surface area contributed by atoms with Gasteiger partial charge in [-0.25, -0.2) is 14.2 Å². The summed E-state index contributed by atoms with van der Waals surface area (Å²) in [6, 6.07) is 5.95. The molecule has 30 heavy (non-hydrogen) atoms. The van der Waals surface area contributed by atoms with Crippen molar-refractivity contribution in [2.75, 3.05) is 24.7 Å². The van der Waals surface area contributed by atoms with Crippen molar-refractivity contribution in [3.8, 4) is 28.3 Å². The summed E-state index contributed by atoms with van der Waals surface area (Å²) in [5.74, 6) is 0.118. The lowest BCUT2D eigenvalue weighted by Crippen LogP contribution is -2.24. The lowest BCUT2D eigenvalue weighted by Gasteiger charge is -2.15. The van der Waals surface area contributed by atoms with Crippen LogP contribution in [-0.4, -0.2) is 32.4 Å². The van der Waals surface area contributed by atoms with Crippen molar-refractivity contribution in [1.82, 2.24) is 14.1 Å². The maximum atomic E-state index is 14.8. The minimum atomic E-state index is -0.514. The van der Waals surface area contributed by atoms with Gasteiger partial charge in [0.05, 0.1) is 12.3 Å². The molecule has 3 rings (SSSR count). The molecule has 2 aromatic heterocycles. The second kappa shape index (κ2) is 8.58. The summed E-state index contributed by atoms with van der Waals surface area (Å²) < 4.78 is 23.1. The first-order valence-corrected chi connectivity index (χ1v) is 9.62. The van der Waals surface area contributed by atoms with Crippen LogP contribution in [-0.2, 0) is 7.05 Å². The Bertz CT molecular complexity index is 1100. The number of nitrogen functional groups attached to an aromatic ring is 2. The first-order chi connectivity index (χ1) is 14.3. The fraction of sp³-hybridized carbons (Fsp3) is 0.333. The molecule has 0 atom stereocenters. The Balaban J connectivity index is 2.09. The molecule has 0 amide bonds. The van der Waals surface area contributed by atoms with E-state index in [4.69, 9.17) is 21.3 Å². The number of anilines is 2. The van der Waals surface area contributed by atoms with E-state index in [9.17, 15) is 9.18 Å². The van der Waals surface area contributed by atoms with Crippen LogP contribution in [0.15, 0.2) is 35.3 Å². The van der Waals surface area contributed by atoms with Crippen molar-refractivity contribution in [2.45, 2.75) is 26.3 Å². The van der Waals surface area contributed by atoms with Gasteiger partial charge in [0, 0.05) is 60.8 Å². The molecule has 160 valence electrons. The third-order valence-electron chi connectivity index (χ3n) is 4.85. The average molecular weight is 415 g/mol. The molecule has 0 spiro atoms. The Morgan fingerprint density at radius 2 is 1.97 bits per heavy atom. The number of halogens is 1. The van der Waals surface area contributed by atoms with Gasteiger partial charge in [0.25, 0.3) is 0 Å². The maximum absolute atomic E-state index is 14.8. The van der Waals surface area contributed by atoms with Crippen LogP contribution in [0.3, 0.4) is 0 Å². The van der Waals surface area contributed by atoms with E-state index in [2.05, 4.69) is 4.98 Å². The molecule has 0 aliphatic heterocycles. The standard InChI is InChI=1S/C21H26FN5O3/c1-12(2)27-19(20(24)26(3)21(27)29)15-9-14(16(22)10-17(15)23)13-5-6-18(25-11-13)30-8-4-7-28/h5-6,9-12,28H,4,7-8,23-24H2,1-3H3. The summed E-state index contributed by atoms with van der Waals surface area (Å²) in [4.78, 5) is 16.8. The number of nitrogens with two attached hydrogens (primary N) is 2. The molecule has 3 aromatic rings. The molecule has 8 nitrogen and oxygen atoms in total. The normalized spacial score (nSPS) is 11.3. The molecule has 1 aromatic carbocycles. The number of rotatable bonds is 7. The quantitative estimate of drug-likeness (QED) is 0.403. The number of hydrogen-bond donors (Lipinski definition) is 3. The molecule has 2 heterocycles. The molecule has 0 aliphatic rings. The van der Waals surface area contributed by atoms with Gasteiger partial charge in [-0.2, -0.15) is 0 Å². The first-order valence-electron chi connectivity index (χ1n) is 9.62. The predicted octanol–water partition coefficient (Wildman–Crippen LogP) is 2.56. The van der Waals surface area contributed by atoms with Gasteiger partial charge in [-0.15, -0.1) is 0 Å². The van der Waals surface area contributed by atoms with E-state index >= 15 is 0 Å². The lowest BCUT2D eigenvalue weighted by atomic mass is 10.00. The number of benzene rings is 1. The summed E-state index contributed by atoms with van der Waals surface area (Å²) >= 11 is 0. The number of aromatic nitrogens is 3. The summed E-state index contributed by atoms with van der Waals surface area (Å²) in [5.41, 5.74) is 13.9. The van der Waals surface area contributed by atoms with E-state index in [0.717, 1.165) is 0 Å². The summed E-state index contributed by atoms with van der Waals surface area (Å²) in [7, 11) is 1.58. The number of ether oxygens (including phenoxy) is 1. The van der Waals surface area contributed by atoms with Crippen LogP contribution in [0.1, 0.15) is 26.3 Å². The third-order valence-corrected chi connectivity index (χ3v) is 4.85. The smallest absolute Gasteiger partial charge is 0.330 e. The van der Waals surface area contributed by atoms with Gasteiger partial charge in [-0.05, 0) is 32.0 Å². The van der Waals surface area contributed by atoms with Crippen LogP contribution in [0.25, 0.3) is 22.4 Å². The van der Waals surface area contributed by atoms with Crippen molar-refractivity contribution < 1.29 is 14.2 Å². The highest BCUT2D eigenvalue weighted by Crippen LogP contribution is 2.36. The lowest BCUT2D eigenvalue weighted by molar-refractivity contribution is 0.229. The number of nitrogens with zero attached hydrogens (tertiary/aromatic N) is 3. The number of imidazole rings is 1. The molecular formula is C21H26FN5O3. The SMILES string of the molecule is CC(C)n1c(-c2cc(-c3ccc(OCCCO)nc3)c(F)cc2N)c(N)n(C)c1=O. The van der Waals surface area contributed by atoms with E-state index < -0.39 is 5.82 Å². The van der Waals surface area contributed by atoms with E-state index in [0.29, 0.717) is 35.7 Å². The minimum Gasteiger partial charge on any atom is -0.478 e. The molecule has 0 saturated carbocycles. The van der Waals surface area contributed by atoms with Crippen molar-refractivity contribution in [1.29, 1.82) is 0 Å². The van der Waals surface area contributed by atoms with Gasteiger partial charge in [0.15, 0.2) is 0 Å². The summed E-state index contributed by atoms with van der Waals surface area (Å²) in [6.45, 7) is 4.10. The van der Waals surface area contributed by atoms with Gasteiger partial charge < -0.3 is 21.3 Å². The van der Waals surface area contributed by atoms with Gasteiger partial charge >= 0.3 is 5.69 Å². The Morgan fingerprint density at radius 3 is 2.57 bits per heavy atom. The molecule has 5 N–H and O–H groups in total. The van der Waals surface area contributed by atoms with E-state index in [1.807, 2.05) is 13.8 Å². The zero-order chi connectivity index (χ0) is 22.0. The number of aliphatic hydroxyl groups excluding tert-OH is 1. The minimum absolute atomic E-state index is 0.0293. The number of hydrogen-bond acceptors (Lipinski definition) is 6. The summed E-state index contributed by atoms with van der Waals surface area (Å²) in [5, 5.41) is 8.82. The van der Waals surface area contributed by atoms with Gasteiger partial charge in [0.2, 0.25) is 5.88 Å². The van der Waals surface area contributed by atoms with Crippen molar-refractivity contribution in [3.63, 3.8) is 0 Å². The monoisotopic (exact) mass is 415 g/mol. The van der Waals surface area contributed by atoms with Crippen molar-refractivity contribution >= 4 is 11.5 Å². The molecular weight excluding hydrogens is 389 g/mol. The first kappa shape index (κ1) is 21.4. The van der Waals surface area contributed by atoms with Crippen LogP contribution >= 0.6 is 0 Å². The van der Waals surface area contributed by atoms with Gasteiger partial charge in [0.1, 0.15) is 11.6 Å². The zero-order valence-electron chi connectivity index (χ0n) is 17.2. The molecule has 0 aliphatic carbocycles. The van der Waals surface area contributed by atoms with Crippen LogP contribution in [0.5, 0.6) is 5.88 Å². The van der Waals surface area contributed by atoms with E-state index in [1.165, 1.54) is 16.8 Å². The molecule has 9 heteroatoms. The Labute approximate surface area is 173 Å².